The molecule has 0 fully saturated rings. The summed E-state index contributed by atoms with van der Waals surface area (Å²) in [5.74, 6) is 0.0878. The van der Waals surface area contributed by atoms with Crippen molar-refractivity contribution in [1.82, 2.24) is 10.2 Å². The predicted octanol–water partition coefficient (Wildman–Crippen LogP) is 3.63. The maximum Gasteiger partial charge on any atom is 0.148 e. The third-order valence-corrected chi connectivity index (χ3v) is 2.81. The Morgan fingerprint density at radius 2 is 1.88 bits per heavy atom. The fourth-order valence-corrected chi connectivity index (χ4v) is 1.81. The summed E-state index contributed by atoms with van der Waals surface area (Å²) < 4.78 is 13.3. The van der Waals surface area contributed by atoms with Gasteiger partial charge in [0.1, 0.15) is 11.6 Å². The molecule has 0 saturated carbocycles. The number of rotatable bonds is 2. The zero-order valence-electron chi connectivity index (χ0n) is 8.84. The molecule has 0 saturated heterocycles. The van der Waals surface area contributed by atoms with Gasteiger partial charge < -0.3 is 5.32 Å². The second-order valence-electron chi connectivity index (χ2n) is 3.30. The molecule has 0 amide bonds. The minimum atomic E-state index is -0.537. The Bertz CT molecular complexity index is 543. The van der Waals surface area contributed by atoms with E-state index in [0.717, 1.165) is 0 Å². The van der Waals surface area contributed by atoms with Crippen molar-refractivity contribution in [1.29, 1.82) is 0 Å². The molecule has 0 radical (unpaired) electrons. The van der Waals surface area contributed by atoms with Gasteiger partial charge in [-0.05, 0) is 24.3 Å². The summed E-state index contributed by atoms with van der Waals surface area (Å²) in [5.41, 5.74) is 0.952. The second kappa shape index (κ2) is 4.85. The van der Waals surface area contributed by atoms with Crippen LogP contribution < -0.4 is 5.32 Å². The number of nitrogens with zero attached hydrogens (tertiary/aromatic N) is 2. The Kier molecular flexibility index (Phi) is 3.45. The molecule has 0 aliphatic carbocycles. The second-order valence-corrected chi connectivity index (χ2v) is 4.11. The summed E-state index contributed by atoms with van der Waals surface area (Å²) >= 11 is 11.6. The van der Waals surface area contributed by atoms with Crippen LogP contribution in [0.3, 0.4) is 0 Å². The smallest absolute Gasteiger partial charge is 0.148 e. The summed E-state index contributed by atoms with van der Waals surface area (Å²) in [6.45, 7) is 0. The average molecular weight is 272 g/mol. The van der Waals surface area contributed by atoms with Crippen LogP contribution in [0.4, 0.5) is 10.2 Å². The van der Waals surface area contributed by atoms with Crippen molar-refractivity contribution in [2.45, 2.75) is 0 Å². The largest absolute Gasteiger partial charge is 0.372 e. The Morgan fingerprint density at radius 3 is 2.47 bits per heavy atom. The van der Waals surface area contributed by atoms with E-state index in [9.17, 15) is 4.39 Å². The van der Waals surface area contributed by atoms with Gasteiger partial charge in [-0.15, -0.1) is 10.2 Å². The summed E-state index contributed by atoms with van der Waals surface area (Å²) in [6, 6.07) is 6.02. The number of hydrogen-bond acceptors (Lipinski definition) is 3. The predicted molar refractivity (Wildman–Crippen MR) is 67.0 cm³/mol. The molecule has 0 unspecified atom stereocenters. The first-order valence-electron chi connectivity index (χ1n) is 4.78. The maximum absolute atomic E-state index is 13.3. The molecule has 88 valence electrons. The van der Waals surface area contributed by atoms with Gasteiger partial charge in [-0.1, -0.05) is 23.2 Å². The summed E-state index contributed by atoms with van der Waals surface area (Å²) in [4.78, 5) is 0. The van der Waals surface area contributed by atoms with Gasteiger partial charge in [-0.3, -0.25) is 0 Å². The minimum Gasteiger partial charge on any atom is -0.372 e. The lowest BCUT2D eigenvalue weighted by Gasteiger charge is -2.05. The molecule has 0 aliphatic heterocycles. The van der Waals surface area contributed by atoms with E-state index in [4.69, 9.17) is 23.2 Å². The number of anilines is 1. The van der Waals surface area contributed by atoms with E-state index < -0.39 is 5.82 Å². The van der Waals surface area contributed by atoms with Crippen molar-refractivity contribution in [2.24, 2.45) is 0 Å². The summed E-state index contributed by atoms with van der Waals surface area (Å²) in [6.07, 6.45) is 0. The fraction of sp³-hybridized carbons (Fsp3) is 0.0909. The topological polar surface area (TPSA) is 37.8 Å². The molecule has 2 aromatic rings. The fourth-order valence-electron chi connectivity index (χ4n) is 1.33. The number of hydrogen-bond donors (Lipinski definition) is 1. The van der Waals surface area contributed by atoms with Crippen molar-refractivity contribution in [3.63, 3.8) is 0 Å². The van der Waals surface area contributed by atoms with Gasteiger partial charge in [-0.2, -0.15) is 0 Å². The van der Waals surface area contributed by atoms with Gasteiger partial charge in [0, 0.05) is 12.6 Å². The Morgan fingerprint density at radius 1 is 1.12 bits per heavy atom. The molecular formula is C11H8Cl2FN3. The highest BCUT2D eigenvalue weighted by molar-refractivity contribution is 6.36. The first kappa shape index (κ1) is 12.1. The van der Waals surface area contributed by atoms with Gasteiger partial charge in [0.2, 0.25) is 0 Å². The molecule has 1 N–H and O–H groups in total. The number of aromatic nitrogens is 2. The van der Waals surface area contributed by atoms with Crippen LogP contribution in [0.1, 0.15) is 0 Å². The van der Waals surface area contributed by atoms with Crippen LogP contribution in [0, 0.1) is 5.82 Å². The molecule has 0 bridgehead atoms. The van der Waals surface area contributed by atoms with Crippen LogP contribution in [-0.4, -0.2) is 17.2 Å². The first-order valence-corrected chi connectivity index (χ1v) is 5.54. The Hall–Kier alpha value is -1.39. The molecule has 1 aromatic heterocycles. The molecule has 0 spiro atoms. The highest BCUT2D eigenvalue weighted by Gasteiger charge is 2.10. The van der Waals surface area contributed by atoms with Gasteiger partial charge in [-0.25, -0.2) is 4.39 Å². The van der Waals surface area contributed by atoms with E-state index in [1.165, 1.54) is 12.1 Å². The normalized spacial score (nSPS) is 10.4. The van der Waals surface area contributed by atoms with Gasteiger partial charge in [0.05, 0.1) is 15.7 Å². The van der Waals surface area contributed by atoms with Crippen LogP contribution in [0.25, 0.3) is 11.3 Å². The van der Waals surface area contributed by atoms with Crippen molar-refractivity contribution in [3.8, 4) is 11.3 Å². The van der Waals surface area contributed by atoms with E-state index in [0.29, 0.717) is 22.1 Å². The molecule has 1 heterocycles. The van der Waals surface area contributed by atoms with Crippen molar-refractivity contribution in [3.05, 3.63) is 40.1 Å². The minimum absolute atomic E-state index is 0.0152. The Balaban J connectivity index is 2.48. The maximum atomic E-state index is 13.3. The number of halogens is 3. The summed E-state index contributed by atoms with van der Waals surface area (Å²) in [7, 11) is 1.73. The van der Waals surface area contributed by atoms with Crippen LogP contribution in [0.5, 0.6) is 0 Å². The molecule has 0 atom stereocenters. The SMILES string of the molecule is CNc1ccc(-c2cc(F)c(Cl)cc2Cl)nn1. The van der Waals surface area contributed by atoms with Crippen LogP contribution in [-0.2, 0) is 0 Å². The van der Waals surface area contributed by atoms with E-state index in [1.807, 2.05) is 0 Å². The molecule has 1 aromatic carbocycles. The van der Waals surface area contributed by atoms with Gasteiger partial charge >= 0.3 is 0 Å². The molecule has 17 heavy (non-hydrogen) atoms. The van der Waals surface area contributed by atoms with Crippen molar-refractivity contribution in [2.75, 3.05) is 12.4 Å². The summed E-state index contributed by atoms with van der Waals surface area (Å²) in [5, 5.41) is 11.0. The highest BCUT2D eigenvalue weighted by Crippen LogP contribution is 2.31. The molecular weight excluding hydrogens is 264 g/mol. The zero-order valence-corrected chi connectivity index (χ0v) is 10.3. The quantitative estimate of drug-likeness (QED) is 0.848. The van der Waals surface area contributed by atoms with E-state index in [2.05, 4.69) is 15.5 Å². The lowest BCUT2D eigenvalue weighted by Crippen LogP contribution is -1.95. The van der Waals surface area contributed by atoms with E-state index >= 15 is 0 Å². The van der Waals surface area contributed by atoms with E-state index in [1.54, 1.807) is 19.2 Å². The zero-order chi connectivity index (χ0) is 12.4. The third-order valence-electron chi connectivity index (χ3n) is 2.21. The van der Waals surface area contributed by atoms with Crippen LogP contribution in [0.15, 0.2) is 24.3 Å². The Labute approximate surface area is 108 Å². The monoisotopic (exact) mass is 271 g/mol. The van der Waals surface area contributed by atoms with Crippen LogP contribution >= 0.6 is 23.2 Å². The van der Waals surface area contributed by atoms with Gasteiger partial charge in [0.15, 0.2) is 0 Å². The first-order chi connectivity index (χ1) is 8.11. The lowest BCUT2D eigenvalue weighted by atomic mass is 10.1. The third kappa shape index (κ3) is 2.48. The standard InChI is InChI=1S/C11H8Cl2FN3/c1-15-11-3-2-10(16-17-11)6-4-9(14)8(13)5-7(6)12/h2-5H,1H3,(H,15,17). The lowest BCUT2D eigenvalue weighted by molar-refractivity contribution is 0.628. The number of nitrogens with one attached hydrogen (secondary N) is 1. The van der Waals surface area contributed by atoms with Crippen molar-refractivity contribution < 1.29 is 4.39 Å². The molecule has 2 rings (SSSR count). The molecule has 3 nitrogen and oxygen atoms in total. The highest BCUT2D eigenvalue weighted by atomic mass is 35.5. The van der Waals surface area contributed by atoms with Crippen molar-refractivity contribution >= 4 is 29.0 Å². The molecule has 0 aliphatic rings. The molecule has 6 heteroatoms. The van der Waals surface area contributed by atoms with Gasteiger partial charge in [0.25, 0.3) is 0 Å². The number of benzene rings is 1. The van der Waals surface area contributed by atoms with E-state index in [-0.39, 0.29) is 5.02 Å². The van der Waals surface area contributed by atoms with Crippen LogP contribution in [0.2, 0.25) is 10.0 Å². The average Bonchev–Trinajstić information content (AvgIpc) is 2.34.